The molecule has 0 bridgehead atoms. The van der Waals surface area contributed by atoms with Crippen LogP contribution >= 0.6 is 12.2 Å². The number of carbonyl (C=O) groups is 1. The Morgan fingerprint density at radius 3 is 2.79 bits per heavy atom. The molecule has 5 nitrogen and oxygen atoms in total. The molecule has 1 saturated carbocycles. The molecule has 1 aromatic carbocycles. The third-order valence-electron chi connectivity index (χ3n) is 2.75. The van der Waals surface area contributed by atoms with Gasteiger partial charge in [0.05, 0.1) is 7.11 Å². The number of hydrogen-bond donors (Lipinski definition) is 2. The minimum atomic E-state index is -0.122. The Morgan fingerprint density at radius 1 is 1.47 bits per heavy atom. The maximum atomic E-state index is 11.5. The molecule has 102 valence electrons. The van der Waals surface area contributed by atoms with Crippen molar-refractivity contribution in [2.45, 2.75) is 18.9 Å². The second kappa shape index (κ2) is 5.88. The summed E-state index contributed by atoms with van der Waals surface area (Å²) in [4.78, 5) is 11.8. The van der Waals surface area contributed by atoms with Crippen LogP contribution in [0.5, 0.6) is 11.5 Å². The molecule has 0 radical (unpaired) electrons. The summed E-state index contributed by atoms with van der Waals surface area (Å²) in [6.45, 7) is -0.0285. The molecule has 1 aromatic rings. The van der Waals surface area contributed by atoms with Crippen LogP contribution in [-0.2, 0) is 4.79 Å². The zero-order chi connectivity index (χ0) is 13.8. The first-order chi connectivity index (χ1) is 9.10. The van der Waals surface area contributed by atoms with E-state index in [0.29, 0.717) is 23.1 Å². The molecular formula is C13H16N2O3S. The van der Waals surface area contributed by atoms with Gasteiger partial charge in [0.25, 0.3) is 5.91 Å². The van der Waals surface area contributed by atoms with Gasteiger partial charge in [-0.3, -0.25) is 4.79 Å². The van der Waals surface area contributed by atoms with E-state index < -0.39 is 0 Å². The number of thiocarbonyl (C=S) groups is 1. The van der Waals surface area contributed by atoms with Crippen molar-refractivity contribution in [3.05, 3.63) is 23.8 Å². The number of rotatable bonds is 6. The van der Waals surface area contributed by atoms with Crippen LogP contribution in [0.1, 0.15) is 18.4 Å². The predicted octanol–water partition coefficient (Wildman–Crippen LogP) is 0.987. The third-order valence-corrected chi connectivity index (χ3v) is 2.99. The van der Waals surface area contributed by atoms with Crippen LogP contribution in [0.4, 0.5) is 0 Å². The lowest BCUT2D eigenvalue weighted by molar-refractivity contribution is -0.123. The standard InChI is InChI=1S/C13H16N2O3S/c1-17-11-6-8(13(14)19)2-5-10(11)18-7-12(16)15-9-3-4-9/h2,5-6,9H,3-4,7H2,1H3,(H2,14,19)(H,15,16). The smallest absolute Gasteiger partial charge is 0.258 e. The maximum Gasteiger partial charge on any atom is 0.258 e. The van der Waals surface area contributed by atoms with Gasteiger partial charge < -0.3 is 20.5 Å². The highest BCUT2D eigenvalue weighted by Gasteiger charge is 2.23. The van der Waals surface area contributed by atoms with E-state index in [-0.39, 0.29) is 17.5 Å². The summed E-state index contributed by atoms with van der Waals surface area (Å²) in [6.07, 6.45) is 2.11. The van der Waals surface area contributed by atoms with E-state index in [0.717, 1.165) is 12.8 Å². The molecule has 2 rings (SSSR count). The quantitative estimate of drug-likeness (QED) is 0.760. The lowest BCUT2D eigenvalue weighted by Gasteiger charge is -2.11. The normalized spacial score (nSPS) is 13.7. The molecule has 0 aliphatic heterocycles. The largest absolute Gasteiger partial charge is 0.493 e. The summed E-state index contributed by atoms with van der Waals surface area (Å²) in [5, 5.41) is 2.85. The first kappa shape index (κ1) is 13.6. The van der Waals surface area contributed by atoms with Crippen molar-refractivity contribution in [2.24, 2.45) is 5.73 Å². The van der Waals surface area contributed by atoms with Gasteiger partial charge in [-0.05, 0) is 31.0 Å². The molecule has 0 heterocycles. The maximum absolute atomic E-state index is 11.5. The summed E-state index contributed by atoms with van der Waals surface area (Å²) in [5.41, 5.74) is 6.24. The molecule has 0 unspecified atom stereocenters. The first-order valence-corrected chi connectivity index (χ1v) is 6.41. The molecule has 1 fully saturated rings. The van der Waals surface area contributed by atoms with Crippen LogP contribution in [0.3, 0.4) is 0 Å². The van der Waals surface area contributed by atoms with E-state index in [1.165, 1.54) is 7.11 Å². The van der Waals surface area contributed by atoms with E-state index >= 15 is 0 Å². The highest BCUT2D eigenvalue weighted by molar-refractivity contribution is 7.80. The van der Waals surface area contributed by atoms with Crippen molar-refractivity contribution in [1.82, 2.24) is 5.32 Å². The molecule has 6 heteroatoms. The van der Waals surface area contributed by atoms with Crippen molar-refractivity contribution >= 4 is 23.1 Å². The Labute approximate surface area is 117 Å². The second-order valence-corrected chi connectivity index (χ2v) is 4.80. The van der Waals surface area contributed by atoms with Crippen LogP contribution in [0.2, 0.25) is 0 Å². The van der Waals surface area contributed by atoms with E-state index in [1.54, 1.807) is 18.2 Å². The minimum Gasteiger partial charge on any atom is -0.493 e. The van der Waals surface area contributed by atoms with Gasteiger partial charge in [0, 0.05) is 11.6 Å². The highest BCUT2D eigenvalue weighted by Crippen LogP contribution is 2.28. The van der Waals surface area contributed by atoms with Gasteiger partial charge in [-0.15, -0.1) is 0 Å². The molecule has 0 aromatic heterocycles. The van der Waals surface area contributed by atoms with E-state index in [1.807, 2.05) is 0 Å². The Bertz CT molecular complexity index is 501. The van der Waals surface area contributed by atoms with Gasteiger partial charge in [-0.1, -0.05) is 12.2 Å². The van der Waals surface area contributed by atoms with Gasteiger partial charge >= 0.3 is 0 Å². The zero-order valence-corrected chi connectivity index (χ0v) is 11.5. The van der Waals surface area contributed by atoms with Gasteiger partial charge in [0.2, 0.25) is 0 Å². The van der Waals surface area contributed by atoms with Crippen molar-refractivity contribution in [3.63, 3.8) is 0 Å². The molecule has 1 aliphatic rings. The number of methoxy groups -OCH3 is 1. The van der Waals surface area contributed by atoms with Gasteiger partial charge in [-0.25, -0.2) is 0 Å². The lowest BCUT2D eigenvalue weighted by atomic mass is 10.2. The lowest BCUT2D eigenvalue weighted by Crippen LogP contribution is -2.30. The summed E-state index contributed by atoms with van der Waals surface area (Å²) in [7, 11) is 1.52. The number of nitrogens with one attached hydrogen (secondary N) is 1. The van der Waals surface area contributed by atoms with E-state index in [4.69, 9.17) is 27.4 Å². The van der Waals surface area contributed by atoms with Crippen LogP contribution in [0, 0.1) is 0 Å². The predicted molar refractivity (Wildman–Crippen MR) is 75.5 cm³/mol. The van der Waals surface area contributed by atoms with Crippen molar-refractivity contribution in [3.8, 4) is 11.5 Å². The molecule has 1 aliphatic carbocycles. The number of nitrogens with two attached hydrogens (primary N) is 1. The Kier molecular flexibility index (Phi) is 4.21. The van der Waals surface area contributed by atoms with Gasteiger partial charge in [0.1, 0.15) is 4.99 Å². The Morgan fingerprint density at radius 2 is 2.21 bits per heavy atom. The highest BCUT2D eigenvalue weighted by atomic mass is 32.1. The first-order valence-electron chi connectivity index (χ1n) is 6.00. The van der Waals surface area contributed by atoms with Crippen LogP contribution in [0.25, 0.3) is 0 Å². The summed E-state index contributed by atoms with van der Waals surface area (Å²) >= 11 is 4.89. The second-order valence-electron chi connectivity index (χ2n) is 4.36. The zero-order valence-electron chi connectivity index (χ0n) is 10.6. The van der Waals surface area contributed by atoms with E-state index in [2.05, 4.69) is 5.32 Å². The van der Waals surface area contributed by atoms with Crippen molar-refractivity contribution in [1.29, 1.82) is 0 Å². The summed E-state index contributed by atoms with van der Waals surface area (Å²) in [6, 6.07) is 5.45. The summed E-state index contributed by atoms with van der Waals surface area (Å²) < 4.78 is 10.6. The van der Waals surface area contributed by atoms with Crippen molar-refractivity contribution < 1.29 is 14.3 Å². The molecular weight excluding hydrogens is 264 g/mol. The SMILES string of the molecule is COc1cc(C(N)=S)ccc1OCC(=O)NC1CC1. The minimum absolute atomic E-state index is 0.0285. The van der Waals surface area contributed by atoms with E-state index in [9.17, 15) is 4.79 Å². The fourth-order valence-electron chi connectivity index (χ4n) is 1.58. The van der Waals surface area contributed by atoms with Crippen LogP contribution in [-0.4, -0.2) is 30.7 Å². The average molecular weight is 280 g/mol. The summed E-state index contributed by atoms with van der Waals surface area (Å²) in [5.74, 6) is 0.876. The molecule has 0 atom stereocenters. The van der Waals surface area contributed by atoms with Crippen LogP contribution < -0.4 is 20.5 Å². The number of benzene rings is 1. The molecule has 0 saturated heterocycles. The van der Waals surface area contributed by atoms with Crippen molar-refractivity contribution in [2.75, 3.05) is 13.7 Å². The third kappa shape index (κ3) is 3.82. The topological polar surface area (TPSA) is 73.6 Å². The monoisotopic (exact) mass is 280 g/mol. The number of amides is 1. The molecule has 3 N–H and O–H groups in total. The van der Waals surface area contributed by atoms with Gasteiger partial charge in [-0.2, -0.15) is 0 Å². The fraction of sp³-hybridized carbons (Fsp3) is 0.385. The molecule has 1 amide bonds. The number of carbonyl (C=O) groups excluding carboxylic acids is 1. The van der Waals surface area contributed by atoms with Gasteiger partial charge in [0.15, 0.2) is 18.1 Å². The average Bonchev–Trinajstić information content (AvgIpc) is 3.19. The number of ether oxygens (including phenoxy) is 2. The van der Waals surface area contributed by atoms with Crippen LogP contribution in [0.15, 0.2) is 18.2 Å². The fourth-order valence-corrected chi connectivity index (χ4v) is 1.71. The molecule has 0 spiro atoms. The molecule has 19 heavy (non-hydrogen) atoms. The Hall–Kier alpha value is -1.82. The number of hydrogen-bond acceptors (Lipinski definition) is 4. The Balaban J connectivity index is 1.98.